The van der Waals surface area contributed by atoms with Crippen LogP contribution in [0.2, 0.25) is 0 Å². The van der Waals surface area contributed by atoms with Crippen LogP contribution < -0.4 is 4.90 Å². The zero-order chi connectivity index (χ0) is 40.9. The van der Waals surface area contributed by atoms with Gasteiger partial charge in [-0.1, -0.05) is 140 Å². The molecule has 0 saturated heterocycles. The smallest absolute Gasteiger partial charge is 0.0714 e. The maximum absolute atomic E-state index is 4.41. The third kappa shape index (κ3) is 5.92. The van der Waals surface area contributed by atoms with Crippen LogP contribution >= 0.6 is 0 Å². The molecule has 0 atom stereocenters. The van der Waals surface area contributed by atoms with E-state index in [-0.39, 0.29) is 0 Å². The Morgan fingerprint density at radius 1 is 0.459 bits per heavy atom. The Kier molecular flexibility index (Phi) is 8.82. The zero-order valence-electron chi connectivity index (χ0n) is 34.2. The lowest BCUT2D eigenvalue weighted by Gasteiger charge is -2.35. The summed E-state index contributed by atoms with van der Waals surface area (Å²) < 4.78 is 2.28. The molecule has 3 nitrogen and oxygen atoms in total. The summed E-state index contributed by atoms with van der Waals surface area (Å²) in [6, 6.07) is 75.5. The van der Waals surface area contributed by atoms with E-state index in [1.165, 1.54) is 66.5 Å². The monoisotopic (exact) mass is 781 g/mol. The molecule has 0 amide bonds. The van der Waals surface area contributed by atoms with E-state index in [2.05, 4.69) is 235 Å². The van der Waals surface area contributed by atoms with Crippen LogP contribution in [0.3, 0.4) is 0 Å². The van der Waals surface area contributed by atoms with Gasteiger partial charge in [-0.05, 0) is 147 Å². The molecule has 2 aromatic heterocycles. The van der Waals surface area contributed by atoms with Crippen molar-refractivity contribution in [3.8, 4) is 39.1 Å². The van der Waals surface area contributed by atoms with Gasteiger partial charge in [0.1, 0.15) is 0 Å². The first-order valence-corrected chi connectivity index (χ1v) is 21.0. The minimum atomic E-state index is -0.512. The largest absolute Gasteiger partial charge is 0.317 e. The van der Waals surface area contributed by atoms with Gasteiger partial charge in [-0.25, -0.2) is 0 Å². The van der Waals surface area contributed by atoms with Crippen molar-refractivity contribution in [3.63, 3.8) is 0 Å². The Labute approximate surface area is 357 Å². The van der Waals surface area contributed by atoms with Crippen LogP contribution in [0.4, 0.5) is 17.1 Å². The standard InChI is InChI=1S/C58H43N3/c1-40-24-27-48(37-54(40)50-32-33-57-51(41(50)2)34-36-60(57)46-20-10-5-11-21-46)61(47-28-25-42(26-29-47)43-15-14-35-59-39-43)49-30-31-53-52-22-12-13-23-55(52)58(56(53)38-49,44-16-6-3-7-17-44)45-18-8-4-9-19-45/h3-39H,1-2H3. The fourth-order valence-electron chi connectivity index (χ4n) is 9.86. The van der Waals surface area contributed by atoms with Gasteiger partial charge in [-0.3, -0.25) is 4.98 Å². The topological polar surface area (TPSA) is 21.1 Å². The molecule has 1 aliphatic carbocycles. The van der Waals surface area contributed by atoms with Crippen molar-refractivity contribution in [3.05, 3.63) is 258 Å². The van der Waals surface area contributed by atoms with Gasteiger partial charge in [-0.2, -0.15) is 0 Å². The number of aryl methyl sites for hydroxylation is 2. The summed E-state index contributed by atoms with van der Waals surface area (Å²) in [7, 11) is 0. The van der Waals surface area contributed by atoms with Crippen LogP contribution in [0.5, 0.6) is 0 Å². The summed E-state index contributed by atoms with van der Waals surface area (Å²) in [6.45, 7) is 4.49. The predicted octanol–water partition coefficient (Wildman–Crippen LogP) is 14.8. The number of nitrogens with zero attached hydrogens (tertiary/aromatic N) is 3. The third-order valence-electron chi connectivity index (χ3n) is 12.8. The second-order valence-corrected chi connectivity index (χ2v) is 16.1. The van der Waals surface area contributed by atoms with E-state index in [0.29, 0.717) is 0 Å². The third-order valence-corrected chi connectivity index (χ3v) is 12.8. The van der Waals surface area contributed by atoms with Crippen molar-refractivity contribution in [2.24, 2.45) is 0 Å². The van der Waals surface area contributed by atoms with Crippen LogP contribution in [0.25, 0.3) is 50.0 Å². The van der Waals surface area contributed by atoms with Gasteiger partial charge >= 0.3 is 0 Å². The predicted molar refractivity (Wildman–Crippen MR) is 253 cm³/mol. The van der Waals surface area contributed by atoms with E-state index in [4.69, 9.17) is 0 Å². The fourth-order valence-corrected chi connectivity index (χ4v) is 9.86. The van der Waals surface area contributed by atoms with E-state index in [1.54, 1.807) is 0 Å². The Bertz CT molecular complexity index is 3150. The lowest BCUT2D eigenvalue weighted by Crippen LogP contribution is -2.28. The van der Waals surface area contributed by atoms with Crippen molar-refractivity contribution in [2.45, 2.75) is 19.3 Å². The van der Waals surface area contributed by atoms with Crippen LogP contribution in [0.1, 0.15) is 33.4 Å². The van der Waals surface area contributed by atoms with Crippen molar-refractivity contribution in [2.75, 3.05) is 4.90 Å². The number of hydrogen-bond acceptors (Lipinski definition) is 2. The van der Waals surface area contributed by atoms with Gasteiger partial charge in [0.15, 0.2) is 0 Å². The molecule has 61 heavy (non-hydrogen) atoms. The van der Waals surface area contributed by atoms with Crippen molar-refractivity contribution >= 4 is 28.0 Å². The second-order valence-electron chi connectivity index (χ2n) is 16.1. The summed E-state index contributed by atoms with van der Waals surface area (Å²) in [5.41, 5.74) is 19.9. The number of hydrogen-bond donors (Lipinski definition) is 0. The molecule has 10 aromatic rings. The fraction of sp³-hybridized carbons (Fsp3) is 0.0517. The first kappa shape index (κ1) is 36.3. The molecule has 0 radical (unpaired) electrons. The van der Waals surface area contributed by atoms with Crippen molar-refractivity contribution < 1.29 is 0 Å². The Morgan fingerprint density at radius 2 is 1.08 bits per heavy atom. The van der Waals surface area contributed by atoms with Gasteiger partial charge in [0.2, 0.25) is 0 Å². The molecule has 0 unspecified atom stereocenters. The highest BCUT2D eigenvalue weighted by Gasteiger charge is 2.46. The van der Waals surface area contributed by atoms with Gasteiger partial charge < -0.3 is 9.47 Å². The molecule has 1 aliphatic rings. The van der Waals surface area contributed by atoms with E-state index in [1.807, 2.05) is 18.5 Å². The average molecular weight is 782 g/mol. The molecule has 3 heteroatoms. The van der Waals surface area contributed by atoms with Gasteiger partial charge in [-0.15, -0.1) is 0 Å². The molecule has 0 spiro atoms. The molecular formula is C58H43N3. The minimum absolute atomic E-state index is 0.512. The SMILES string of the molecule is Cc1ccc(N(c2ccc(-c3cccnc3)cc2)c2ccc3c(c2)C(c2ccccc2)(c2ccccc2)c2ccccc2-3)cc1-c1ccc2c(ccn2-c2ccccc2)c1C. The molecule has 0 aliphatic heterocycles. The Balaban J connectivity index is 1.11. The zero-order valence-corrected chi connectivity index (χ0v) is 34.2. The van der Waals surface area contributed by atoms with E-state index in [0.717, 1.165) is 33.9 Å². The second kappa shape index (κ2) is 14.8. The summed E-state index contributed by atoms with van der Waals surface area (Å²) in [4.78, 5) is 6.84. The Hall–Kier alpha value is -7.75. The molecule has 2 heterocycles. The normalized spacial score (nSPS) is 12.6. The molecule has 0 fully saturated rings. The maximum atomic E-state index is 4.41. The first-order chi connectivity index (χ1) is 30.1. The molecule has 0 N–H and O–H groups in total. The van der Waals surface area contributed by atoms with Gasteiger partial charge in [0.25, 0.3) is 0 Å². The quantitative estimate of drug-likeness (QED) is 0.153. The number of rotatable bonds is 8. The number of anilines is 3. The highest BCUT2D eigenvalue weighted by atomic mass is 15.1. The van der Waals surface area contributed by atoms with Gasteiger partial charge in [0.05, 0.1) is 10.9 Å². The number of benzene rings is 8. The highest BCUT2D eigenvalue weighted by Crippen LogP contribution is 2.57. The number of fused-ring (bicyclic) bond motifs is 4. The van der Waals surface area contributed by atoms with Gasteiger partial charge in [0, 0.05) is 46.7 Å². The molecule has 0 saturated carbocycles. The van der Waals surface area contributed by atoms with Crippen LogP contribution in [-0.4, -0.2) is 9.55 Å². The molecule has 0 bridgehead atoms. The highest BCUT2D eigenvalue weighted by molar-refractivity contribution is 5.94. The summed E-state index contributed by atoms with van der Waals surface area (Å²) in [6.07, 6.45) is 5.94. The summed E-state index contributed by atoms with van der Waals surface area (Å²) in [5.74, 6) is 0. The molecule has 8 aromatic carbocycles. The minimum Gasteiger partial charge on any atom is -0.317 e. The number of para-hydroxylation sites is 1. The number of pyridine rings is 1. The lowest BCUT2D eigenvalue weighted by molar-refractivity contribution is 0.768. The van der Waals surface area contributed by atoms with E-state index < -0.39 is 5.41 Å². The summed E-state index contributed by atoms with van der Waals surface area (Å²) >= 11 is 0. The van der Waals surface area contributed by atoms with E-state index >= 15 is 0 Å². The van der Waals surface area contributed by atoms with Crippen molar-refractivity contribution in [1.82, 2.24) is 9.55 Å². The average Bonchev–Trinajstić information content (AvgIpc) is 3.90. The first-order valence-electron chi connectivity index (χ1n) is 21.0. The summed E-state index contributed by atoms with van der Waals surface area (Å²) in [5, 5.41) is 1.25. The Morgan fingerprint density at radius 3 is 1.80 bits per heavy atom. The lowest BCUT2D eigenvalue weighted by atomic mass is 9.67. The van der Waals surface area contributed by atoms with Crippen LogP contribution in [0.15, 0.2) is 225 Å². The molecular weight excluding hydrogens is 739 g/mol. The number of aromatic nitrogens is 2. The van der Waals surface area contributed by atoms with Crippen LogP contribution in [0, 0.1) is 13.8 Å². The van der Waals surface area contributed by atoms with E-state index in [9.17, 15) is 0 Å². The molecule has 290 valence electrons. The molecule has 11 rings (SSSR count). The van der Waals surface area contributed by atoms with Crippen molar-refractivity contribution in [1.29, 1.82) is 0 Å². The maximum Gasteiger partial charge on any atom is 0.0714 e. The van der Waals surface area contributed by atoms with Crippen LogP contribution in [-0.2, 0) is 5.41 Å².